The van der Waals surface area contributed by atoms with Gasteiger partial charge in [0.15, 0.2) is 5.82 Å². The Morgan fingerprint density at radius 1 is 1.08 bits per heavy atom. The molecule has 1 aromatic heterocycles. The van der Waals surface area contributed by atoms with Crippen LogP contribution in [0.3, 0.4) is 0 Å². The molecule has 2 heterocycles. The topological polar surface area (TPSA) is 68.2 Å². The molecule has 3 atom stereocenters. The molecular formula is C21H24N4O. The minimum Gasteiger partial charge on any atom is -0.338 e. The average molecular weight is 348 g/mol. The maximum Gasteiger partial charge on any atom is 0.243 e. The number of likely N-dealkylation sites (tertiary alicyclic amines) is 1. The van der Waals surface area contributed by atoms with Crippen molar-refractivity contribution in [1.29, 1.82) is 0 Å². The third-order valence-corrected chi connectivity index (χ3v) is 5.22. The molecule has 134 valence electrons. The van der Waals surface area contributed by atoms with Crippen LogP contribution >= 0.6 is 0 Å². The van der Waals surface area contributed by atoms with Crippen molar-refractivity contribution in [3.8, 4) is 0 Å². The highest BCUT2D eigenvalue weighted by Crippen LogP contribution is 2.31. The van der Waals surface area contributed by atoms with Gasteiger partial charge in [-0.05, 0) is 18.1 Å². The van der Waals surface area contributed by atoms with Gasteiger partial charge in [0, 0.05) is 31.5 Å². The zero-order valence-electron chi connectivity index (χ0n) is 15.0. The van der Waals surface area contributed by atoms with Crippen LogP contribution in [0.1, 0.15) is 41.7 Å². The summed E-state index contributed by atoms with van der Waals surface area (Å²) in [6.07, 6.45) is 0.684. The van der Waals surface area contributed by atoms with Crippen LogP contribution in [0, 0.1) is 0 Å². The lowest BCUT2D eigenvalue weighted by Gasteiger charge is -2.20. The van der Waals surface area contributed by atoms with E-state index in [1.54, 1.807) is 0 Å². The first-order valence-corrected chi connectivity index (χ1v) is 9.11. The molecule has 4 rings (SSSR count). The number of nitrogens with zero attached hydrogens (tertiary/aromatic N) is 3. The Morgan fingerprint density at radius 3 is 2.50 bits per heavy atom. The van der Waals surface area contributed by atoms with Gasteiger partial charge in [0.2, 0.25) is 5.89 Å². The number of benzene rings is 2. The van der Waals surface area contributed by atoms with Gasteiger partial charge < -0.3 is 10.3 Å². The molecule has 1 aliphatic heterocycles. The molecular weight excluding hydrogens is 324 g/mol. The summed E-state index contributed by atoms with van der Waals surface area (Å²) >= 11 is 0. The van der Waals surface area contributed by atoms with Crippen LogP contribution < -0.4 is 5.73 Å². The Hall–Kier alpha value is -2.50. The van der Waals surface area contributed by atoms with E-state index in [4.69, 9.17) is 10.3 Å². The SMILES string of the molecule is CC(c1nc(Cc2ccccc2)no1)N1C[C@@H](N)[C@H](c2ccccc2)C1. The van der Waals surface area contributed by atoms with E-state index in [0.29, 0.717) is 18.2 Å². The highest BCUT2D eigenvalue weighted by molar-refractivity contribution is 5.24. The fraction of sp³-hybridized carbons (Fsp3) is 0.333. The third-order valence-electron chi connectivity index (χ3n) is 5.22. The highest BCUT2D eigenvalue weighted by Gasteiger charge is 2.35. The average Bonchev–Trinajstić information content (AvgIpc) is 3.29. The third kappa shape index (κ3) is 3.54. The Kier molecular flexibility index (Phi) is 4.82. The first kappa shape index (κ1) is 16.9. The van der Waals surface area contributed by atoms with Crippen LogP contribution in [0.2, 0.25) is 0 Å². The smallest absolute Gasteiger partial charge is 0.243 e. The molecule has 0 amide bonds. The van der Waals surface area contributed by atoms with Crippen molar-refractivity contribution in [2.24, 2.45) is 5.73 Å². The number of hydrogen-bond acceptors (Lipinski definition) is 5. The lowest BCUT2D eigenvalue weighted by molar-refractivity contribution is 0.205. The number of rotatable bonds is 5. The van der Waals surface area contributed by atoms with E-state index in [0.717, 1.165) is 18.9 Å². The predicted molar refractivity (Wildman–Crippen MR) is 101 cm³/mol. The van der Waals surface area contributed by atoms with Crippen molar-refractivity contribution < 1.29 is 4.52 Å². The monoisotopic (exact) mass is 348 g/mol. The first-order chi connectivity index (χ1) is 12.7. The molecule has 5 heteroatoms. The molecule has 1 aliphatic rings. The van der Waals surface area contributed by atoms with Gasteiger partial charge in [-0.1, -0.05) is 65.8 Å². The van der Waals surface area contributed by atoms with Crippen molar-refractivity contribution in [1.82, 2.24) is 15.0 Å². The van der Waals surface area contributed by atoms with Crippen molar-refractivity contribution in [2.45, 2.75) is 31.3 Å². The van der Waals surface area contributed by atoms with Crippen molar-refractivity contribution in [3.63, 3.8) is 0 Å². The van der Waals surface area contributed by atoms with E-state index in [9.17, 15) is 0 Å². The Labute approximate surface area is 153 Å². The Balaban J connectivity index is 1.44. The van der Waals surface area contributed by atoms with Crippen molar-refractivity contribution >= 4 is 0 Å². The molecule has 1 fully saturated rings. The summed E-state index contributed by atoms with van der Waals surface area (Å²) in [5.41, 5.74) is 8.89. The minimum absolute atomic E-state index is 0.0618. The van der Waals surface area contributed by atoms with E-state index in [1.807, 2.05) is 24.3 Å². The summed E-state index contributed by atoms with van der Waals surface area (Å²) in [7, 11) is 0. The van der Waals surface area contributed by atoms with Gasteiger partial charge in [-0.3, -0.25) is 4.90 Å². The maximum atomic E-state index is 6.42. The molecule has 2 N–H and O–H groups in total. The minimum atomic E-state index is 0.0618. The second kappa shape index (κ2) is 7.40. The van der Waals surface area contributed by atoms with Gasteiger partial charge >= 0.3 is 0 Å². The molecule has 5 nitrogen and oxygen atoms in total. The van der Waals surface area contributed by atoms with Gasteiger partial charge in [-0.25, -0.2) is 0 Å². The highest BCUT2D eigenvalue weighted by atomic mass is 16.5. The molecule has 3 aromatic rings. The van der Waals surface area contributed by atoms with E-state index >= 15 is 0 Å². The van der Waals surface area contributed by atoms with Gasteiger partial charge in [-0.2, -0.15) is 4.98 Å². The zero-order chi connectivity index (χ0) is 17.9. The summed E-state index contributed by atoms with van der Waals surface area (Å²) in [4.78, 5) is 6.95. The quantitative estimate of drug-likeness (QED) is 0.767. The van der Waals surface area contributed by atoms with Gasteiger partial charge in [0.25, 0.3) is 0 Å². The van der Waals surface area contributed by atoms with Gasteiger partial charge in [0.05, 0.1) is 6.04 Å². The molecule has 0 bridgehead atoms. The standard InChI is InChI=1S/C21H24N4O/c1-15(21-23-20(24-26-21)12-16-8-4-2-5-9-16)25-13-18(19(22)14-25)17-10-6-3-7-11-17/h2-11,15,18-19H,12-14,22H2,1H3/t15?,18-,19+/m0/s1. The largest absolute Gasteiger partial charge is 0.338 e. The van der Waals surface area contributed by atoms with Gasteiger partial charge in [-0.15, -0.1) is 0 Å². The fourth-order valence-corrected chi connectivity index (χ4v) is 3.67. The van der Waals surface area contributed by atoms with E-state index in [2.05, 4.69) is 58.4 Å². The number of aromatic nitrogens is 2. The fourth-order valence-electron chi connectivity index (χ4n) is 3.67. The van der Waals surface area contributed by atoms with Crippen LogP contribution in [0.15, 0.2) is 65.2 Å². The normalized spacial score (nSPS) is 21.8. The first-order valence-electron chi connectivity index (χ1n) is 9.11. The molecule has 26 heavy (non-hydrogen) atoms. The summed E-state index contributed by atoms with van der Waals surface area (Å²) in [6, 6.07) is 20.9. The lowest BCUT2D eigenvalue weighted by Crippen LogP contribution is -2.30. The van der Waals surface area contributed by atoms with Crippen LogP contribution in [-0.4, -0.2) is 34.2 Å². The molecule has 2 aromatic carbocycles. The number of nitrogens with two attached hydrogens (primary N) is 1. The number of hydrogen-bond donors (Lipinski definition) is 1. The van der Waals surface area contributed by atoms with Crippen molar-refractivity contribution in [2.75, 3.05) is 13.1 Å². The van der Waals surface area contributed by atoms with E-state index in [-0.39, 0.29) is 12.1 Å². The van der Waals surface area contributed by atoms with E-state index < -0.39 is 0 Å². The van der Waals surface area contributed by atoms with Gasteiger partial charge in [0.1, 0.15) is 0 Å². The van der Waals surface area contributed by atoms with Crippen LogP contribution in [0.4, 0.5) is 0 Å². The lowest BCUT2D eigenvalue weighted by atomic mass is 9.95. The summed E-state index contributed by atoms with van der Waals surface area (Å²) in [5.74, 6) is 1.73. The Bertz CT molecular complexity index is 833. The molecule has 0 spiro atoms. The predicted octanol–water partition coefficient (Wildman–Crippen LogP) is 3.15. The van der Waals surface area contributed by atoms with Crippen LogP contribution in [-0.2, 0) is 6.42 Å². The second-order valence-corrected chi connectivity index (χ2v) is 7.02. The molecule has 0 saturated carbocycles. The second-order valence-electron chi connectivity index (χ2n) is 7.02. The van der Waals surface area contributed by atoms with Crippen LogP contribution in [0.25, 0.3) is 0 Å². The summed E-state index contributed by atoms with van der Waals surface area (Å²) < 4.78 is 5.54. The van der Waals surface area contributed by atoms with Crippen molar-refractivity contribution in [3.05, 3.63) is 83.5 Å². The zero-order valence-corrected chi connectivity index (χ0v) is 15.0. The molecule has 1 saturated heterocycles. The van der Waals surface area contributed by atoms with Crippen LogP contribution in [0.5, 0.6) is 0 Å². The van der Waals surface area contributed by atoms with E-state index in [1.165, 1.54) is 11.1 Å². The Morgan fingerprint density at radius 2 is 1.77 bits per heavy atom. The molecule has 1 unspecified atom stereocenters. The molecule has 0 aliphatic carbocycles. The summed E-state index contributed by atoms with van der Waals surface area (Å²) in [6.45, 7) is 3.85. The summed E-state index contributed by atoms with van der Waals surface area (Å²) in [5, 5.41) is 4.16. The molecule has 0 radical (unpaired) electrons. The maximum absolute atomic E-state index is 6.42.